The lowest BCUT2D eigenvalue weighted by molar-refractivity contribution is -0.154. The van der Waals surface area contributed by atoms with Gasteiger partial charge in [-0.3, -0.25) is 0 Å². The van der Waals surface area contributed by atoms with E-state index in [4.69, 9.17) is 9.84 Å². The molecular formula is C7H11NO5. The molecule has 0 aromatic heterocycles. The molecule has 6 heteroatoms. The summed E-state index contributed by atoms with van der Waals surface area (Å²) in [6.45, 7) is 0.643. The third kappa shape index (κ3) is 2.32. The Morgan fingerprint density at radius 2 is 2.31 bits per heavy atom. The lowest BCUT2D eigenvalue weighted by Gasteiger charge is -2.29. The predicted octanol–water partition coefficient (Wildman–Crippen LogP) is -0.462. The van der Waals surface area contributed by atoms with Gasteiger partial charge < -0.3 is 19.5 Å². The van der Waals surface area contributed by atoms with Crippen LogP contribution in [-0.2, 0) is 14.3 Å². The van der Waals surface area contributed by atoms with E-state index in [0.717, 1.165) is 0 Å². The van der Waals surface area contributed by atoms with Crippen LogP contribution in [-0.4, -0.2) is 55.0 Å². The smallest absolute Gasteiger partial charge is 0.409 e. The number of amides is 1. The maximum atomic E-state index is 11.0. The lowest BCUT2D eigenvalue weighted by Crippen LogP contribution is -2.48. The van der Waals surface area contributed by atoms with Gasteiger partial charge in [0.15, 0.2) is 6.10 Å². The van der Waals surface area contributed by atoms with Crippen LogP contribution in [0.4, 0.5) is 4.79 Å². The second-order valence-corrected chi connectivity index (χ2v) is 2.61. The fourth-order valence-electron chi connectivity index (χ4n) is 1.09. The fourth-order valence-corrected chi connectivity index (χ4v) is 1.09. The van der Waals surface area contributed by atoms with E-state index in [1.807, 2.05) is 0 Å². The van der Waals surface area contributed by atoms with E-state index >= 15 is 0 Å². The molecule has 1 amide bonds. The Kier molecular flexibility index (Phi) is 3.07. The van der Waals surface area contributed by atoms with Crippen molar-refractivity contribution in [3.8, 4) is 0 Å². The van der Waals surface area contributed by atoms with Crippen LogP contribution >= 0.6 is 0 Å². The quantitative estimate of drug-likeness (QED) is 0.604. The number of rotatable bonds is 1. The second kappa shape index (κ2) is 4.08. The standard InChI is InChI=1S/C7H11NO5/c1-12-7(11)8-2-3-13-5(4-8)6(9)10/h5H,2-4H2,1H3,(H,9,10). The van der Waals surface area contributed by atoms with E-state index in [9.17, 15) is 9.59 Å². The largest absolute Gasteiger partial charge is 0.479 e. The van der Waals surface area contributed by atoms with Crippen molar-refractivity contribution in [1.29, 1.82) is 0 Å². The summed E-state index contributed by atoms with van der Waals surface area (Å²) >= 11 is 0. The minimum Gasteiger partial charge on any atom is -0.479 e. The summed E-state index contributed by atoms with van der Waals surface area (Å²) < 4.78 is 9.37. The van der Waals surface area contributed by atoms with Crippen LogP contribution < -0.4 is 0 Å². The van der Waals surface area contributed by atoms with Crippen molar-refractivity contribution in [1.82, 2.24) is 4.90 Å². The van der Waals surface area contributed by atoms with Crippen molar-refractivity contribution in [2.45, 2.75) is 6.10 Å². The van der Waals surface area contributed by atoms with Gasteiger partial charge in [0.1, 0.15) is 0 Å². The van der Waals surface area contributed by atoms with Crippen molar-refractivity contribution in [3.05, 3.63) is 0 Å². The Balaban J connectivity index is 2.51. The normalized spacial score (nSPS) is 22.5. The SMILES string of the molecule is COC(=O)N1CCOC(C(=O)O)C1. The molecule has 6 nitrogen and oxygen atoms in total. The Morgan fingerprint density at radius 3 is 2.85 bits per heavy atom. The van der Waals surface area contributed by atoms with Gasteiger partial charge in [0, 0.05) is 6.54 Å². The highest BCUT2D eigenvalue weighted by molar-refractivity contribution is 5.74. The van der Waals surface area contributed by atoms with Crippen LogP contribution in [0.2, 0.25) is 0 Å². The average molecular weight is 189 g/mol. The van der Waals surface area contributed by atoms with Crippen molar-refractivity contribution in [2.75, 3.05) is 26.8 Å². The van der Waals surface area contributed by atoms with Crippen LogP contribution in [0.5, 0.6) is 0 Å². The maximum Gasteiger partial charge on any atom is 0.409 e. The number of carboxylic acids is 1. The first kappa shape index (κ1) is 9.79. The molecule has 0 bridgehead atoms. The number of carbonyl (C=O) groups excluding carboxylic acids is 1. The van der Waals surface area contributed by atoms with Crippen molar-refractivity contribution < 1.29 is 24.2 Å². The van der Waals surface area contributed by atoms with Gasteiger partial charge >= 0.3 is 12.1 Å². The molecule has 0 aromatic carbocycles. The van der Waals surface area contributed by atoms with Gasteiger partial charge in [-0.15, -0.1) is 0 Å². The minimum absolute atomic E-state index is 0.0437. The first-order valence-electron chi connectivity index (χ1n) is 3.82. The molecule has 1 aliphatic rings. The van der Waals surface area contributed by atoms with E-state index in [-0.39, 0.29) is 13.2 Å². The van der Waals surface area contributed by atoms with E-state index in [1.54, 1.807) is 0 Å². The molecule has 1 atom stereocenters. The molecule has 0 saturated carbocycles. The zero-order chi connectivity index (χ0) is 9.84. The third-order valence-corrected chi connectivity index (χ3v) is 1.77. The number of carboxylic acid groups (broad SMARTS) is 1. The molecule has 0 aromatic rings. The summed E-state index contributed by atoms with van der Waals surface area (Å²) in [4.78, 5) is 22.8. The highest BCUT2D eigenvalue weighted by atomic mass is 16.5. The predicted molar refractivity (Wildman–Crippen MR) is 41.4 cm³/mol. The Labute approximate surface area is 75.0 Å². The van der Waals surface area contributed by atoms with E-state index in [1.165, 1.54) is 12.0 Å². The van der Waals surface area contributed by atoms with Gasteiger partial charge in [0.2, 0.25) is 0 Å². The lowest BCUT2D eigenvalue weighted by atomic mass is 10.3. The van der Waals surface area contributed by atoms with Crippen LogP contribution in [0.15, 0.2) is 0 Å². The number of carbonyl (C=O) groups is 2. The van der Waals surface area contributed by atoms with Gasteiger partial charge in [-0.2, -0.15) is 0 Å². The summed E-state index contributed by atoms with van der Waals surface area (Å²) in [7, 11) is 1.26. The van der Waals surface area contributed by atoms with E-state index in [2.05, 4.69) is 4.74 Å². The Morgan fingerprint density at radius 1 is 1.62 bits per heavy atom. The summed E-state index contributed by atoms with van der Waals surface area (Å²) in [6, 6.07) is 0. The summed E-state index contributed by atoms with van der Waals surface area (Å²) in [5, 5.41) is 8.61. The van der Waals surface area contributed by atoms with Crippen LogP contribution in [0.3, 0.4) is 0 Å². The van der Waals surface area contributed by atoms with Gasteiger partial charge in [0.05, 0.1) is 20.3 Å². The minimum atomic E-state index is -1.06. The van der Waals surface area contributed by atoms with Gasteiger partial charge in [0.25, 0.3) is 0 Å². The topological polar surface area (TPSA) is 76.1 Å². The molecule has 1 aliphatic heterocycles. The summed E-state index contributed by atoms with van der Waals surface area (Å²) in [5.74, 6) is -1.06. The molecule has 1 N–H and O–H groups in total. The fraction of sp³-hybridized carbons (Fsp3) is 0.714. The second-order valence-electron chi connectivity index (χ2n) is 2.61. The number of morpholine rings is 1. The number of hydrogen-bond acceptors (Lipinski definition) is 4. The summed E-state index contributed by atoms with van der Waals surface area (Å²) in [6.07, 6.45) is -1.46. The van der Waals surface area contributed by atoms with E-state index in [0.29, 0.717) is 6.54 Å². The highest BCUT2D eigenvalue weighted by Crippen LogP contribution is 2.06. The molecule has 0 aliphatic carbocycles. The Bertz CT molecular complexity index is 217. The van der Waals surface area contributed by atoms with Gasteiger partial charge in [-0.05, 0) is 0 Å². The molecule has 13 heavy (non-hydrogen) atoms. The number of nitrogens with zero attached hydrogens (tertiary/aromatic N) is 1. The molecular weight excluding hydrogens is 178 g/mol. The number of aliphatic carboxylic acids is 1. The number of hydrogen-bond donors (Lipinski definition) is 1. The molecule has 1 unspecified atom stereocenters. The number of methoxy groups -OCH3 is 1. The molecule has 1 saturated heterocycles. The highest BCUT2D eigenvalue weighted by Gasteiger charge is 2.29. The third-order valence-electron chi connectivity index (χ3n) is 1.77. The van der Waals surface area contributed by atoms with Crippen LogP contribution in [0.25, 0.3) is 0 Å². The van der Waals surface area contributed by atoms with Crippen LogP contribution in [0, 0.1) is 0 Å². The molecule has 1 rings (SSSR count). The number of ether oxygens (including phenoxy) is 2. The van der Waals surface area contributed by atoms with Crippen molar-refractivity contribution in [3.63, 3.8) is 0 Å². The average Bonchev–Trinajstić information content (AvgIpc) is 2.17. The first-order chi connectivity index (χ1) is 6.15. The van der Waals surface area contributed by atoms with Crippen molar-refractivity contribution in [2.24, 2.45) is 0 Å². The molecule has 0 spiro atoms. The zero-order valence-corrected chi connectivity index (χ0v) is 7.23. The zero-order valence-electron chi connectivity index (χ0n) is 7.23. The molecule has 1 fully saturated rings. The molecule has 0 radical (unpaired) electrons. The molecule has 74 valence electrons. The monoisotopic (exact) mass is 189 g/mol. The first-order valence-corrected chi connectivity index (χ1v) is 3.82. The van der Waals surface area contributed by atoms with Crippen LogP contribution in [0.1, 0.15) is 0 Å². The van der Waals surface area contributed by atoms with E-state index < -0.39 is 18.2 Å². The van der Waals surface area contributed by atoms with Crippen molar-refractivity contribution >= 4 is 12.1 Å². The maximum absolute atomic E-state index is 11.0. The summed E-state index contributed by atoms with van der Waals surface area (Å²) in [5.41, 5.74) is 0. The Hall–Kier alpha value is -1.30. The van der Waals surface area contributed by atoms with Gasteiger partial charge in [-0.25, -0.2) is 9.59 Å². The van der Waals surface area contributed by atoms with Gasteiger partial charge in [-0.1, -0.05) is 0 Å². The molecule has 1 heterocycles.